The molecule has 9 N–H and O–H groups in total. The predicted octanol–water partition coefficient (Wildman–Crippen LogP) is 17.1. The minimum absolute atomic E-state index is 0.245. The van der Waals surface area contributed by atoms with Crippen molar-refractivity contribution < 1.29 is 64.6 Å². The summed E-state index contributed by atoms with van der Waals surface area (Å²) in [4.78, 5) is 13.4. The smallest absolute Gasteiger partial charge is 0.220 e. The number of hydrogen-bond acceptors (Lipinski definition) is 13. The number of allylic oxidation sites excluding steroid dienone is 13. The van der Waals surface area contributed by atoms with Crippen LogP contribution >= 0.6 is 0 Å². The van der Waals surface area contributed by atoms with Gasteiger partial charge >= 0.3 is 0 Å². The van der Waals surface area contributed by atoms with Gasteiger partial charge in [-0.1, -0.05) is 324 Å². The SMILES string of the molecule is CC/C=C\C/C=C\C/C=C\C/C=C\C/C=C\CCCCCCCCCCCCCCCCCCCCCCCCCC(=O)NC(COC1OC(CO)C(OC2OC(CO)C(O)C(O)C2O)C(O)C1O)C(O)/C=C/CC/C=C/CCCCCCCCCCCCCCCCC. The first-order chi connectivity index (χ1) is 46.1. The van der Waals surface area contributed by atoms with Gasteiger partial charge in [-0.3, -0.25) is 4.79 Å². The number of unbranched alkanes of at least 4 members (excludes halogenated alkanes) is 39. The van der Waals surface area contributed by atoms with Crippen LogP contribution in [-0.2, 0) is 23.7 Å². The van der Waals surface area contributed by atoms with Crippen LogP contribution in [0, 0.1) is 0 Å². The Kier molecular flexibility index (Phi) is 59.0. The van der Waals surface area contributed by atoms with E-state index in [-0.39, 0.29) is 18.9 Å². The second-order valence-corrected chi connectivity index (χ2v) is 27.1. The number of amides is 1. The molecule has 2 rings (SSSR count). The molecule has 2 fully saturated rings. The maximum Gasteiger partial charge on any atom is 0.220 e. The minimum atomic E-state index is -1.79. The van der Waals surface area contributed by atoms with Crippen LogP contribution in [0.5, 0.6) is 0 Å². The summed E-state index contributed by atoms with van der Waals surface area (Å²) in [6.07, 6.45) is 72.4. The molecule has 1 amide bonds. The van der Waals surface area contributed by atoms with Crippen molar-refractivity contribution in [3.8, 4) is 0 Å². The van der Waals surface area contributed by atoms with Crippen molar-refractivity contribution in [3.05, 3.63) is 85.1 Å². The van der Waals surface area contributed by atoms with Gasteiger partial charge in [-0.25, -0.2) is 0 Å². The number of ether oxygens (including phenoxy) is 4. The van der Waals surface area contributed by atoms with Crippen LogP contribution in [0.15, 0.2) is 85.1 Å². The molecule has 0 saturated carbocycles. The van der Waals surface area contributed by atoms with Gasteiger partial charge in [-0.05, 0) is 77.0 Å². The summed E-state index contributed by atoms with van der Waals surface area (Å²) >= 11 is 0. The lowest BCUT2D eigenvalue weighted by Gasteiger charge is -2.46. The zero-order valence-corrected chi connectivity index (χ0v) is 59.7. The van der Waals surface area contributed by atoms with Crippen molar-refractivity contribution in [3.63, 3.8) is 0 Å². The van der Waals surface area contributed by atoms with Crippen LogP contribution < -0.4 is 5.32 Å². The zero-order chi connectivity index (χ0) is 68.0. The van der Waals surface area contributed by atoms with Crippen LogP contribution in [0.25, 0.3) is 0 Å². The molecule has 12 atom stereocenters. The van der Waals surface area contributed by atoms with E-state index in [4.69, 9.17) is 18.9 Å². The second kappa shape index (κ2) is 63.6. The van der Waals surface area contributed by atoms with Crippen molar-refractivity contribution in [1.82, 2.24) is 5.32 Å². The Balaban J connectivity index is 1.59. The largest absolute Gasteiger partial charge is 0.394 e. The van der Waals surface area contributed by atoms with Crippen LogP contribution in [0.1, 0.15) is 322 Å². The average Bonchev–Trinajstić information content (AvgIpc) is 0.794. The molecular weight excluding hydrogens is 1180 g/mol. The standard InChI is InChI=1S/C80H143NO13/c1-3-5-7-9-11-13-15-17-19-21-23-25-26-27-28-29-30-31-32-33-34-35-36-37-38-39-40-41-42-44-46-48-50-52-54-56-58-60-62-64-72(85)81-68(69(84)63-61-59-57-55-53-51-49-47-45-43-24-22-20-18-16-14-12-10-8-6-4-2)67-91-79-77(90)75(88)78(71(66-83)93-79)94-80-76(89)74(87)73(86)70(65-82)92-80/h5,7,11,13,17,19,23,25,27-28,53,55,61,63,68-71,73-80,82-84,86-90H,3-4,6,8-10,12,14-16,18,20-22,24,26,29-52,54,56-60,62,64-67H2,1-2H3,(H,81,85)/b7-5-,13-11-,19-17-,25-23-,28-27-,55-53+,63-61+. The van der Waals surface area contributed by atoms with Crippen LogP contribution in [-0.4, -0.2) is 140 Å². The Bertz CT molecular complexity index is 1900. The Morgan fingerprint density at radius 3 is 1.17 bits per heavy atom. The van der Waals surface area contributed by atoms with E-state index in [0.29, 0.717) is 12.8 Å². The molecule has 12 unspecified atom stereocenters. The molecule has 0 aromatic rings. The summed E-state index contributed by atoms with van der Waals surface area (Å²) in [6, 6.07) is -0.934. The maximum absolute atomic E-state index is 13.4. The van der Waals surface area contributed by atoms with Crippen LogP contribution in [0.4, 0.5) is 0 Å². The van der Waals surface area contributed by atoms with E-state index in [9.17, 15) is 45.6 Å². The number of carbonyl (C=O) groups excluding carboxylic acids is 1. The van der Waals surface area contributed by atoms with Gasteiger partial charge in [0.25, 0.3) is 0 Å². The molecule has 2 aliphatic heterocycles. The summed E-state index contributed by atoms with van der Waals surface area (Å²) in [7, 11) is 0. The molecule has 14 heteroatoms. The highest BCUT2D eigenvalue weighted by molar-refractivity contribution is 5.76. The number of hydrogen-bond donors (Lipinski definition) is 9. The highest BCUT2D eigenvalue weighted by Crippen LogP contribution is 2.30. The Morgan fingerprint density at radius 2 is 0.745 bits per heavy atom. The molecule has 14 nitrogen and oxygen atoms in total. The fourth-order valence-corrected chi connectivity index (χ4v) is 12.5. The van der Waals surface area contributed by atoms with Gasteiger partial charge in [0.1, 0.15) is 48.8 Å². The summed E-state index contributed by atoms with van der Waals surface area (Å²) in [6.45, 7) is 2.71. The van der Waals surface area contributed by atoms with Gasteiger partial charge in [0.15, 0.2) is 12.6 Å². The Morgan fingerprint density at radius 1 is 0.394 bits per heavy atom. The third kappa shape index (κ3) is 46.4. The van der Waals surface area contributed by atoms with E-state index in [1.807, 2.05) is 6.08 Å². The van der Waals surface area contributed by atoms with Gasteiger partial charge in [0, 0.05) is 6.42 Å². The lowest BCUT2D eigenvalue weighted by atomic mass is 9.97. The van der Waals surface area contributed by atoms with Gasteiger partial charge in [-0.2, -0.15) is 0 Å². The minimum Gasteiger partial charge on any atom is -0.394 e. The third-order valence-corrected chi connectivity index (χ3v) is 18.6. The molecule has 0 aromatic heterocycles. The van der Waals surface area contributed by atoms with Gasteiger partial charge in [0.05, 0.1) is 32.0 Å². The average molecular weight is 1330 g/mol. The summed E-state index contributed by atoms with van der Waals surface area (Å²) in [5.41, 5.74) is 0. The van der Waals surface area contributed by atoms with E-state index >= 15 is 0 Å². The van der Waals surface area contributed by atoms with Gasteiger partial charge in [-0.15, -0.1) is 0 Å². The predicted molar refractivity (Wildman–Crippen MR) is 387 cm³/mol. The van der Waals surface area contributed by atoms with E-state index < -0.39 is 86.8 Å². The molecule has 2 saturated heterocycles. The highest BCUT2D eigenvalue weighted by Gasteiger charge is 2.51. The number of aliphatic hydroxyl groups excluding tert-OH is 8. The van der Waals surface area contributed by atoms with Gasteiger partial charge < -0.3 is 65.1 Å². The molecule has 0 aliphatic carbocycles. The van der Waals surface area contributed by atoms with Crippen molar-refractivity contribution in [2.75, 3.05) is 19.8 Å². The molecule has 546 valence electrons. The topological polar surface area (TPSA) is 228 Å². The van der Waals surface area contributed by atoms with E-state index in [1.165, 1.54) is 225 Å². The molecule has 0 aromatic carbocycles. The molecule has 94 heavy (non-hydrogen) atoms. The third-order valence-electron chi connectivity index (χ3n) is 18.6. The zero-order valence-electron chi connectivity index (χ0n) is 59.7. The lowest BCUT2D eigenvalue weighted by molar-refractivity contribution is -0.359. The molecule has 2 aliphatic rings. The first-order valence-electron chi connectivity index (χ1n) is 38.8. The normalized spacial score (nSPS) is 22.9. The summed E-state index contributed by atoms with van der Waals surface area (Å²) in [5, 5.41) is 87.5. The van der Waals surface area contributed by atoms with E-state index in [2.05, 4.69) is 92.1 Å². The fraction of sp³-hybridized carbons (Fsp3) is 0.812. The molecular formula is C80H143NO13. The maximum atomic E-state index is 13.4. The first kappa shape index (κ1) is 87.3. The summed E-state index contributed by atoms with van der Waals surface area (Å²) < 4.78 is 22.9. The number of rotatable bonds is 64. The Labute approximate surface area is 573 Å². The second-order valence-electron chi connectivity index (χ2n) is 27.1. The quantitative estimate of drug-likeness (QED) is 0.0204. The van der Waals surface area contributed by atoms with Crippen molar-refractivity contribution >= 4 is 5.91 Å². The number of carbonyl (C=O) groups is 1. The van der Waals surface area contributed by atoms with Crippen molar-refractivity contribution in [1.29, 1.82) is 0 Å². The fourth-order valence-electron chi connectivity index (χ4n) is 12.5. The van der Waals surface area contributed by atoms with Gasteiger partial charge in [0.2, 0.25) is 5.91 Å². The highest BCUT2D eigenvalue weighted by atomic mass is 16.7. The van der Waals surface area contributed by atoms with E-state index in [0.717, 1.165) is 64.2 Å². The lowest BCUT2D eigenvalue weighted by Crippen LogP contribution is -2.65. The molecule has 0 spiro atoms. The summed E-state index contributed by atoms with van der Waals surface area (Å²) in [5.74, 6) is -0.245. The monoisotopic (exact) mass is 1330 g/mol. The molecule has 0 bridgehead atoms. The molecule has 2 heterocycles. The van der Waals surface area contributed by atoms with Crippen molar-refractivity contribution in [2.24, 2.45) is 0 Å². The van der Waals surface area contributed by atoms with E-state index in [1.54, 1.807) is 6.08 Å². The number of aliphatic hydroxyl groups is 8. The number of nitrogens with one attached hydrogen (secondary N) is 1. The first-order valence-corrected chi connectivity index (χ1v) is 38.8. The Hall–Kier alpha value is -2.83. The molecule has 0 radical (unpaired) electrons. The van der Waals surface area contributed by atoms with Crippen LogP contribution in [0.2, 0.25) is 0 Å². The van der Waals surface area contributed by atoms with Crippen molar-refractivity contribution in [2.45, 2.75) is 396 Å². The van der Waals surface area contributed by atoms with Crippen LogP contribution in [0.3, 0.4) is 0 Å².